The number of carboxylic acids is 1. The number of nitrogens with zero attached hydrogens (tertiary/aromatic N) is 4. The first kappa shape index (κ1) is 11.3. The van der Waals surface area contributed by atoms with Crippen molar-refractivity contribution in [1.29, 1.82) is 0 Å². The van der Waals surface area contributed by atoms with Crippen LogP contribution in [0.4, 0.5) is 5.82 Å². The fourth-order valence-electron chi connectivity index (χ4n) is 1.86. The maximum atomic E-state index is 10.8. The minimum atomic E-state index is -1.05. The highest BCUT2D eigenvalue weighted by Gasteiger charge is 2.23. The molecule has 17 heavy (non-hydrogen) atoms. The van der Waals surface area contributed by atoms with Crippen LogP contribution in [0.5, 0.6) is 0 Å². The number of carbonyl (C=O) groups is 1. The Kier molecular flexibility index (Phi) is 3.19. The number of anilines is 1. The van der Waals surface area contributed by atoms with Gasteiger partial charge in [-0.3, -0.25) is 0 Å². The summed E-state index contributed by atoms with van der Waals surface area (Å²) < 4.78 is 0. The van der Waals surface area contributed by atoms with Crippen molar-refractivity contribution in [3.8, 4) is 0 Å². The number of hydrogen-bond acceptors (Lipinski definition) is 4. The lowest BCUT2D eigenvalue weighted by molar-refractivity contribution is 0.0690. The average Bonchev–Trinajstić information content (AvgIpc) is 2.39. The topological polar surface area (TPSA) is 70.7 Å². The number of rotatable bonds is 2. The molecule has 0 amide bonds. The zero-order valence-corrected chi connectivity index (χ0v) is 9.20. The summed E-state index contributed by atoms with van der Waals surface area (Å²) in [7, 11) is 0. The first-order chi connectivity index (χ1) is 8.20. The van der Waals surface area contributed by atoms with Gasteiger partial charge in [0.15, 0.2) is 5.69 Å². The third-order valence-corrected chi connectivity index (χ3v) is 2.84. The standard InChI is InChI=1S/C11H12N4O2/c1-12-8-2-4-15(5-3-8)10-6-9(11(16)17)13-7-14-10/h6-8H,2-5H2,(H,16,17). The highest BCUT2D eigenvalue weighted by atomic mass is 16.4. The second-order valence-corrected chi connectivity index (χ2v) is 3.91. The highest BCUT2D eigenvalue weighted by Crippen LogP contribution is 2.19. The molecule has 1 aliphatic rings. The molecule has 1 N–H and O–H groups in total. The van der Waals surface area contributed by atoms with E-state index in [1.807, 2.05) is 4.90 Å². The first-order valence-electron chi connectivity index (χ1n) is 5.37. The second kappa shape index (κ2) is 4.78. The third-order valence-electron chi connectivity index (χ3n) is 2.84. The van der Waals surface area contributed by atoms with Gasteiger partial charge in [0.2, 0.25) is 6.04 Å². The molecule has 0 unspecified atom stereocenters. The first-order valence-corrected chi connectivity index (χ1v) is 5.37. The summed E-state index contributed by atoms with van der Waals surface area (Å²) in [4.78, 5) is 24.0. The van der Waals surface area contributed by atoms with Gasteiger partial charge in [-0.2, -0.15) is 0 Å². The Morgan fingerprint density at radius 2 is 2.18 bits per heavy atom. The maximum absolute atomic E-state index is 10.8. The minimum Gasteiger partial charge on any atom is -0.477 e. The summed E-state index contributed by atoms with van der Waals surface area (Å²) in [6.45, 7) is 8.44. The van der Waals surface area contributed by atoms with Crippen LogP contribution in [0.15, 0.2) is 12.4 Å². The molecule has 1 aliphatic heterocycles. The summed E-state index contributed by atoms with van der Waals surface area (Å²) in [5, 5.41) is 8.84. The largest absolute Gasteiger partial charge is 0.477 e. The van der Waals surface area contributed by atoms with Crippen molar-refractivity contribution in [2.24, 2.45) is 0 Å². The van der Waals surface area contributed by atoms with Crippen LogP contribution < -0.4 is 4.90 Å². The third kappa shape index (κ3) is 2.50. The smallest absolute Gasteiger partial charge is 0.354 e. The number of aromatic carboxylic acids is 1. The zero-order valence-electron chi connectivity index (χ0n) is 9.20. The fourth-order valence-corrected chi connectivity index (χ4v) is 1.86. The predicted molar refractivity (Wildman–Crippen MR) is 60.8 cm³/mol. The van der Waals surface area contributed by atoms with E-state index >= 15 is 0 Å². The minimum absolute atomic E-state index is 0.00213. The van der Waals surface area contributed by atoms with Crippen LogP contribution in [0.3, 0.4) is 0 Å². The lowest BCUT2D eigenvalue weighted by atomic mass is 10.1. The molecule has 1 fully saturated rings. The van der Waals surface area contributed by atoms with E-state index in [9.17, 15) is 4.79 Å². The second-order valence-electron chi connectivity index (χ2n) is 3.91. The molecule has 6 nitrogen and oxygen atoms in total. The van der Waals surface area contributed by atoms with E-state index < -0.39 is 5.97 Å². The average molecular weight is 232 g/mol. The molecule has 0 aromatic carbocycles. The van der Waals surface area contributed by atoms with Gasteiger partial charge < -0.3 is 14.9 Å². The molecule has 1 aromatic rings. The zero-order chi connectivity index (χ0) is 12.3. The molecule has 0 radical (unpaired) electrons. The molecule has 0 spiro atoms. The predicted octanol–water partition coefficient (Wildman–Crippen LogP) is 1.06. The molecule has 0 saturated carbocycles. The Morgan fingerprint density at radius 1 is 1.47 bits per heavy atom. The Bertz CT molecular complexity index is 461. The van der Waals surface area contributed by atoms with Crippen molar-refractivity contribution >= 4 is 11.8 Å². The highest BCUT2D eigenvalue weighted by molar-refractivity contribution is 5.86. The number of aromatic nitrogens is 2. The summed E-state index contributed by atoms with van der Waals surface area (Å²) >= 11 is 0. The van der Waals surface area contributed by atoms with Gasteiger partial charge >= 0.3 is 5.97 Å². The van der Waals surface area contributed by atoms with E-state index in [4.69, 9.17) is 11.7 Å². The monoisotopic (exact) mass is 232 g/mol. The van der Waals surface area contributed by atoms with Crippen LogP contribution in [0.1, 0.15) is 23.3 Å². The Hall–Kier alpha value is -2.16. The van der Waals surface area contributed by atoms with Gasteiger partial charge in [-0.1, -0.05) is 0 Å². The van der Waals surface area contributed by atoms with Crippen LogP contribution >= 0.6 is 0 Å². The molecule has 6 heteroatoms. The lowest BCUT2D eigenvalue weighted by Gasteiger charge is -2.28. The lowest BCUT2D eigenvalue weighted by Crippen LogP contribution is -2.35. The molecule has 2 rings (SSSR count). The summed E-state index contributed by atoms with van der Waals surface area (Å²) in [6, 6.07) is 1.56. The van der Waals surface area contributed by atoms with Crippen LogP contribution in [0, 0.1) is 6.57 Å². The van der Waals surface area contributed by atoms with E-state index in [1.165, 1.54) is 12.4 Å². The van der Waals surface area contributed by atoms with E-state index in [2.05, 4.69) is 14.8 Å². The van der Waals surface area contributed by atoms with Crippen molar-refractivity contribution in [1.82, 2.24) is 9.97 Å². The van der Waals surface area contributed by atoms with Crippen LogP contribution in [-0.2, 0) is 0 Å². The van der Waals surface area contributed by atoms with Gasteiger partial charge in [0.25, 0.3) is 0 Å². The molecule has 0 atom stereocenters. The summed E-state index contributed by atoms with van der Waals surface area (Å²) in [5.74, 6) is -0.425. The Balaban J connectivity index is 2.11. The maximum Gasteiger partial charge on any atom is 0.354 e. The van der Waals surface area contributed by atoms with Gasteiger partial charge in [0.05, 0.1) is 0 Å². The number of carboxylic acid groups (broad SMARTS) is 1. The van der Waals surface area contributed by atoms with E-state index in [0.29, 0.717) is 5.82 Å². The van der Waals surface area contributed by atoms with Crippen LogP contribution in [0.25, 0.3) is 4.85 Å². The fraction of sp³-hybridized carbons (Fsp3) is 0.455. The van der Waals surface area contributed by atoms with Crippen molar-refractivity contribution in [2.45, 2.75) is 18.9 Å². The summed E-state index contributed by atoms with van der Waals surface area (Å²) in [6.07, 6.45) is 2.87. The molecule has 0 bridgehead atoms. The molecule has 88 valence electrons. The SMILES string of the molecule is [C-]#[N+]C1CCN(c2cc(C(=O)O)ncn2)CC1. The van der Waals surface area contributed by atoms with Crippen molar-refractivity contribution in [2.75, 3.05) is 18.0 Å². The molecular weight excluding hydrogens is 220 g/mol. The molecule has 1 saturated heterocycles. The van der Waals surface area contributed by atoms with Gasteiger partial charge in [-0.15, -0.1) is 0 Å². The van der Waals surface area contributed by atoms with Crippen molar-refractivity contribution in [3.05, 3.63) is 29.5 Å². The van der Waals surface area contributed by atoms with Gasteiger partial charge in [0.1, 0.15) is 12.1 Å². The van der Waals surface area contributed by atoms with E-state index in [0.717, 1.165) is 25.9 Å². The Labute approximate surface area is 98.7 Å². The molecule has 1 aromatic heterocycles. The Morgan fingerprint density at radius 3 is 2.76 bits per heavy atom. The number of hydrogen-bond donors (Lipinski definition) is 1. The quantitative estimate of drug-likeness (QED) is 0.772. The van der Waals surface area contributed by atoms with Gasteiger partial charge in [0, 0.05) is 32.0 Å². The van der Waals surface area contributed by atoms with E-state index in [1.54, 1.807) is 0 Å². The van der Waals surface area contributed by atoms with Crippen LogP contribution in [0.2, 0.25) is 0 Å². The number of piperidine rings is 1. The van der Waals surface area contributed by atoms with Crippen LogP contribution in [-0.4, -0.2) is 40.2 Å². The van der Waals surface area contributed by atoms with Crippen molar-refractivity contribution in [3.63, 3.8) is 0 Å². The molecular formula is C11H12N4O2. The summed E-state index contributed by atoms with van der Waals surface area (Å²) in [5.41, 5.74) is 0.00213. The van der Waals surface area contributed by atoms with Gasteiger partial charge in [-0.25, -0.2) is 21.3 Å². The van der Waals surface area contributed by atoms with Gasteiger partial charge in [-0.05, 0) is 0 Å². The molecule has 0 aliphatic carbocycles. The van der Waals surface area contributed by atoms with E-state index in [-0.39, 0.29) is 11.7 Å². The molecule has 2 heterocycles. The normalized spacial score (nSPS) is 16.5. The van der Waals surface area contributed by atoms with Crippen molar-refractivity contribution < 1.29 is 9.90 Å².